The van der Waals surface area contributed by atoms with Crippen molar-refractivity contribution in [2.75, 3.05) is 0 Å². The van der Waals surface area contributed by atoms with Gasteiger partial charge in [-0.2, -0.15) is 0 Å². The van der Waals surface area contributed by atoms with Crippen molar-refractivity contribution in [3.05, 3.63) is 12.7 Å². The molecule has 0 bridgehead atoms. The second-order valence-corrected chi connectivity index (χ2v) is 6.17. The molecule has 2 nitrogen and oxygen atoms in total. The zero-order valence-electron chi connectivity index (χ0n) is 12.2. The molecule has 0 aliphatic carbocycles. The van der Waals surface area contributed by atoms with Crippen molar-refractivity contribution in [3.8, 4) is 0 Å². The van der Waals surface area contributed by atoms with Gasteiger partial charge in [-0.15, -0.1) is 6.58 Å². The van der Waals surface area contributed by atoms with Crippen LogP contribution in [-0.2, 0) is 9.31 Å². The molecule has 0 amide bonds. The number of hydrogen-bond acceptors (Lipinski definition) is 2. The first-order chi connectivity index (χ1) is 7.75. The van der Waals surface area contributed by atoms with Crippen molar-refractivity contribution in [2.24, 2.45) is 5.92 Å². The molecule has 17 heavy (non-hydrogen) atoms. The molecule has 0 N–H and O–H groups in total. The maximum atomic E-state index is 6.08. The topological polar surface area (TPSA) is 18.5 Å². The van der Waals surface area contributed by atoms with E-state index in [0.29, 0.717) is 11.7 Å². The molecule has 0 aromatic carbocycles. The Morgan fingerprint density at radius 1 is 1.18 bits per heavy atom. The monoisotopic (exact) mass is 238 g/mol. The first-order valence-electron chi connectivity index (χ1n) is 6.73. The Labute approximate surface area is 107 Å². The fourth-order valence-electron chi connectivity index (χ4n) is 2.23. The Balaban J connectivity index is 2.73. The van der Waals surface area contributed by atoms with E-state index in [4.69, 9.17) is 9.31 Å². The molecule has 1 aliphatic rings. The maximum Gasteiger partial charge on any atom is 0.461 e. The summed E-state index contributed by atoms with van der Waals surface area (Å²) in [4.78, 5) is 0. The lowest BCUT2D eigenvalue weighted by atomic mass is 9.65. The van der Waals surface area contributed by atoms with Gasteiger partial charge >= 0.3 is 7.12 Å². The van der Waals surface area contributed by atoms with Gasteiger partial charge in [0.05, 0.1) is 11.2 Å². The molecule has 98 valence electrons. The standard InChI is InChI=1S/C14H27BO2/c1-8-10-12(9-2)11(3)15-16-13(4,5)14(6,7)17-15/h9,11-12H,2,8,10H2,1,3-7H3. The van der Waals surface area contributed by atoms with E-state index >= 15 is 0 Å². The van der Waals surface area contributed by atoms with Crippen LogP contribution in [-0.4, -0.2) is 18.3 Å². The molecule has 1 fully saturated rings. The summed E-state index contributed by atoms with van der Waals surface area (Å²) in [6.07, 6.45) is 4.36. The highest BCUT2D eigenvalue weighted by atomic mass is 16.7. The summed E-state index contributed by atoms with van der Waals surface area (Å²) in [6.45, 7) is 16.7. The summed E-state index contributed by atoms with van der Waals surface area (Å²) in [6, 6.07) is 0. The molecule has 0 aromatic heterocycles. The van der Waals surface area contributed by atoms with Crippen molar-refractivity contribution >= 4 is 7.12 Å². The Morgan fingerprint density at radius 2 is 1.65 bits per heavy atom. The van der Waals surface area contributed by atoms with Gasteiger partial charge < -0.3 is 9.31 Å². The lowest BCUT2D eigenvalue weighted by Crippen LogP contribution is -2.41. The molecule has 1 heterocycles. The van der Waals surface area contributed by atoms with Crippen LogP contribution in [0.4, 0.5) is 0 Å². The highest BCUT2D eigenvalue weighted by molar-refractivity contribution is 6.47. The minimum atomic E-state index is -0.232. The highest BCUT2D eigenvalue weighted by Crippen LogP contribution is 2.42. The summed E-state index contributed by atoms with van der Waals surface area (Å²) in [5.41, 5.74) is -0.465. The third-order valence-electron chi connectivity index (χ3n) is 4.30. The fourth-order valence-corrected chi connectivity index (χ4v) is 2.23. The van der Waals surface area contributed by atoms with Crippen molar-refractivity contribution in [1.29, 1.82) is 0 Å². The average Bonchev–Trinajstić information content (AvgIpc) is 2.44. The smallest absolute Gasteiger partial charge is 0.403 e. The maximum absolute atomic E-state index is 6.08. The van der Waals surface area contributed by atoms with E-state index in [9.17, 15) is 0 Å². The van der Waals surface area contributed by atoms with Crippen LogP contribution in [0, 0.1) is 5.92 Å². The molecule has 1 rings (SSSR count). The van der Waals surface area contributed by atoms with Gasteiger partial charge in [-0.3, -0.25) is 0 Å². The van der Waals surface area contributed by atoms with Gasteiger partial charge in [0.25, 0.3) is 0 Å². The predicted molar refractivity (Wildman–Crippen MR) is 74.1 cm³/mol. The van der Waals surface area contributed by atoms with Crippen LogP contribution in [0.25, 0.3) is 0 Å². The molecular weight excluding hydrogens is 211 g/mol. The van der Waals surface area contributed by atoms with Gasteiger partial charge in [-0.1, -0.05) is 26.3 Å². The quantitative estimate of drug-likeness (QED) is 0.531. The van der Waals surface area contributed by atoms with Crippen LogP contribution >= 0.6 is 0 Å². The van der Waals surface area contributed by atoms with Gasteiger partial charge in [0, 0.05) is 0 Å². The molecule has 0 spiro atoms. The second kappa shape index (κ2) is 5.15. The second-order valence-electron chi connectivity index (χ2n) is 6.17. The Kier molecular flexibility index (Phi) is 4.48. The first-order valence-corrected chi connectivity index (χ1v) is 6.73. The molecule has 0 radical (unpaired) electrons. The van der Waals surface area contributed by atoms with Gasteiger partial charge in [0.2, 0.25) is 0 Å². The Hall–Kier alpha value is -0.275. The first kappa shape index (κ1) is 14.8. The fraction of sp³-hybridized carbons (Fsp3) is 0.857. The van der Waals surface area contributed by atoms with E-state index in [-0.39, 0.29) is 18.3 Å². The van der Waals surface area contributed by atoms with Crippen LogP contribution in [0.5, 0.6) is 0 Å². The third-order valence-corrected chi connectivity index (χ3v) is 4.30. The predicted octanol–water partition coefficient (Wildman–Crippen LogP) is 4.07. The number of rotatable bonds is 5. The average molecular weight is 238 g/mol. The largest absolute Gasteiger partial charge is 0.461 e. The van der Waals surface area contributed by atoms with Crippen molar-refractivity contribution < 1.29 is 9.31 Å². The molecule has 0 aromatic rings. The van der Waals surface area contributed by atoms with Gasteiger partial charge in [0.15, 0.2) is 0 Å². The van der Waals surface area contributed by atoms with Gasteiger partial charge in [-0.05, 0) is 45.9 Å². The molecule has 2 atom stereocenters. The molecule has 0 saturated carbocycles. The van der Waals surface area contributed by atoms with Gasteiger partial charge in [-0.25, -0.2) is 0 Å². The minimum absolute atomic E-state index is 0.116. The van der Waals surface area contributed by atoms with Crippen molar-refractivity contribution in [2.45, 2.75) is 71.4 Å². The molecular formula is C14H27BO2. The van der Waals surface area contributed by atoms with E-state index in [0.717, 1.165) is 6.42 Å². The molecule has 3 heteroatoms. The van der Waals surface area contributed by atoms with Crippen molar-refractivity contribution in [3.63, 3.8) is 0 Å². The third kappa shape index (κ3) is 2.94. The highest BCUT2D eigenvalue weighted by Gasteiger charge is 2.53. The number of allylic oxidation sites excluding steroid dienone is 1. The summed E-state index contributed by atoms with van der Waals surface area (Å²) in [5.74, 6) is 0.822. The zero-order chi connectivity index (χ0) is 13.3. The molecule has 1 aliphatic heterocycles. The zero-order valence-corrected chi connectivity index (χ0v) is 12.2. The SMILES string of the molecule is C=CC(CCC)C(C)B1OC(C)(C)C(C)(C)O1. The Bertz CT molecular complexity index is 257. The lowest BCUT2D eigenvalue weighted by Gasteiger charge is -2.32. The minimum Gasteiger partial charge on any atom is -0.403 e. The van der Waals surface area contributed by atoms with E-state index in [2.05, 4.69) is 48.1 Å². The summed E-state index contributed by atoms with van der Waals surface area (Å²) in [7, 11) is -0.116. The van der Waals surface area contributed by atoms with E-state index in [1.165, 1.54) is 6.42 Å². The van der Waals surface area contributed by atoms with E-state index < -0.39 is 0 Å². The summed E-state index contributed by atoms with van der Waals surface area (Å²) < 4.78 is 12.2. The molecule has 2 unspecified atom stereocenters. The Morgan fingerprint density at radius 3 is 2.00 bits per heavy atom. The summed E-state index contributed by atoms with van der Waals surface area (Å²) >= 11 is 0. The summed E-state index contributed by atoms with van der Waals surface area (Å²) in [5, 5.41) is 0. The number of hydrogen-bond donors (Lipinski definition) is 0. The van der Waals surface area contributed by atoms with Crippen LogP contribution in [0.1, 0.15) is 54.4 Å². The van der Waals surface area contributed by atoms with Crippen LogP contribution in [0.15, 0.2) is 12.7 Å². The van der Waals surface area contributed by atoms with E-state index in [1.54, 1.807) is 0 Å². The molecule has 1 saturated heterocycles. The van der Waals surface area contributed by atoms with Crippen LogP contribution in [0.3, 0.4) is 0 Å². The normalized spacial score (nSPS) is 25.6. The lowest BCUT2D eigenvalue weighted by molar-refractivity contribution is 0.00578. The van der Waals surface area contributed by atoms with E-state index in [1.807, 2.05) is 6.08 Å². The van der Waals surface area contributed by atoms with Crippen LogP contribution < -0.4 is 0 Å². The van der Waals surface area contributed by atoms with Crippen LogP contribution in [0.2, 0.25) is 5.82 Å². The van der Waals surface area contributed by atoms with Crippen molar-refractivity contribution in [1.82, 2.24) is 0 Å². The van der Waals surface area contributed by atoms with Gasteiger partial charge in [0.1, 0.15) is 0 Å².